The Kier molecular flexibility index (Phi) is 5.93. The van der Waals surface area contributed by atoms with Gasteiger partial charge in [0.15, 0.2) is 11.5 Å². The fourth-order valence-electron chi connectivity index (χ4n) is 3.02. The normalized spacial score (nSPS) is 14.8. The molecule has 0 radical (unpaired) electrons. The van der Waals surface area contributed by atoms with E-state index in [-0.39, 0.29) is 17.4 Å². The Labute approximate surface area is 147 Å². The molecule has 132 valence electrons. The highest BCUT2D eigenvalue weighted by Gasteiger charge is 2.13. The van der Waals surface area contributed by atoms with E-state index in [0.29, 0.717) is 18.5 Å². The summed E-state index contributed by atoms with van der Waals surface area (Å²) in [4.78, 5) is 14.4. The Morgan fingerprint density at radius 3 is 2.48 bits per heavy atom. The van der Waals surface area contributed by atoms with Crippen molar-refractivity contribution in [1.82, 2.24) is 15.5 Å². The molecule has 3 rings (SSSR count). The third-order valence-electron chi connectivity index (χ3n) is 4.45. The number of nitrogens with one attached hydrogen (secondary N) is 1. The van der Waals surface area contributed by atoms with E-state index in [1.807, 2.05) is 6.07 Å². The first kappa shape index (κ1) is 17.3. The maximum absolute atomic E-state index is 13.5. The first-order chi connectivity index (χ1) is 12.2. The van der Waals surface area contributed by atoms with Crippen LogP contribution in [0.3, 0.4) is 0 Å². The predicted octanol–water partition coefficient (Wildman–Crippen LogP) is 2.97. The van der Waals surface area contributed by atoms with Gasteiger partial charge in [0.05, 0.1) is 0 Å². The van der Waals surface area contributed by atoms with E-state index >= 15 is 0 Å². The fraction of sp³-hybridized carbons (Fsp3) is 0.421. The Morgan fingerprint density at radius 2 is 1.80 bits per heavy atom. The average Bonchev–Trinajstić information content (AvgIpc) is 2.93. The van der Waals surface area contributed by atoms with Gasteiger partial charge in [-0.25, -0.2) is 4.39 Å². The molecule has 0 bridgehead atoms. The molecule has 1 aliphatic rings. The quantitative estimate of drug-likeness (QED) is 0.908. The maximum Gasteiger partial charge on any atom is 0.271 e. The van der Waals surface area contributed by atoms with Gasteiger partial charge < -0.3 is 10.2 Å². The van der Waals surface area contributed by atoms with Crippen molar-refractivity contribution in [1.29, 1.82) is 0 Å². The molecule has 1 fully saturated rings. The number of hydrogen-bond donors (Lipinski definition) is 1. The highest BCUT2D eigenvalue weighted by Crippen LogP contribution is 2.16. The van der Waals surface area contributed by atoms with Crippen molar-refractivity contribution >= 4 is 11.7 Å². The summed E-state index contributed by atoms with van der Waals surface area (Å²) in [6.07, 6.45) is 5.29. The van der Waals surface area contributed by atoms with Crippen LogP contribution in [0.2, 0.25) is 0 Å². The van der Waals surface area contributed by atoms with E-state index in [1.54, 1.807) is 24.3 Å². The van der Waals surface area contributed by atoms with Crippen LogP contribution < -0.4 is 10.2 Å². The van der Waals surface area contributed by atoms with E-state index in [0.717, 1.165) is 18.9 Å². The predicted molar refractivity (Wildman–Crippen MR) is 95.2 cm³/mol. The monoisotopic (exact) mass is 342 g/mol. The van der Waals surface area contributed by atoms with E-state index < -0.39 is 0 Å². The molecule has 0 saturated carbocycles. The second-order valence-electron chi connectivity index (χ2n) is 6.28. The summed E-state index contributed by atoms with van der Waals surface area (Å²) in [7, 11) is 0. The fourth-order valence-corrected chi connectivity index (χ4v) is 3.02. The summed E-state index contributed by atoms with van der Waals surface area (Å²) in [5.41, 5.74) is 0.873. The molecule has 6 heteroatoms. The number of anilines is 1. The molecule has 1 aromatic heterocycles. The van der Waals surface area contributed by atoms with Crippen molar-refractivity contribution < 1.29 is 9.18 Å². The summed E-state index contributed by atoms with van der Waals surface area (Å²) >= 11 is 0. The first-order valence-corrected chi connectivity index (χ1v) is 8.84. The lowest BCUT2D eigenvalue weighted by molar-refractivity contribution is 0.0948. The topological polar surface area (TPSA) is 58.1 Å². The van der Waals surface area contributed by atoms with Gasteiger partial charge in [0.1, 0.15) is 5.82 Å². The number of benzene rings is 1. The largest absolute Gasteiger partial charge is 0.355 e. The lowest BCUT2D eigenvalue weighted by Gasteiger charge is -2.20. The Morgan fingerprint density at radius 1 is 1.04 bits per heavy atom. The van der Waals surface area contributed by atoms with Crippen LogP contribution in [0, 0.1) is 5.82 Å². The van der Waals surface area contributed by atoms with Crippen molar-refractivity contribution in [3.8, 4) is 0 Å². The van der Waals surface area contributed by atoms with E-state index in [9.17, 15) is 9.18 Å². The molecule has 0 aliphatic carbocycles. The number of rotatable bonds is 5. The van der Waals surface area contributed by atoms with Crippen molar-refractivity contribution in [3.63, 3.8) is 0 Å². The van der Waals surface area contributed by atoms with Gasteiger partial charge in [0, 0.05) is 19.6 Å². The second-order valence-corrected chi connectivity index (χ2v) is 6.28. The van der Waals surface area contributed by atoms with Crippen LogP contribution in [0.15, 0.2) is 36.4 Å². The van der Waals surface area contributed by atoms with Crippen LogP contribution in [0.5, 0.6) is 0 Å². The molecule has 1 amide bonds. The number of aromatic nitrogens is 2. The van der Waals surface area contributed by atoms with Gasteiger partial charge in [-0.15, -0.1) is 10.2 Å². The molecule has 0 atom stereocenters. The minimum absolute atomic E-state index is 0.252. The van der Waals surface area contributed by atoms with Crippen LogP contribution in [0.25, 0.3) is 0 Å². The molecule has 25 heavy (non-hydrogen) atoms. The van der Waals surface area contributed by atoms with Gasteiger partial charge in [-0.1, -0.05) is 31.0 Å². The standard InChI is InChI=1S/C19H23FN4O/c20-16-8-4-3-7-15(16)11-12-21-19(25)17-9-10-18(23-22-17)24-13-5-1-2-6-14-24/h3-4,7-10H,1-2,5-6,11-14H2,(H,21,25). The summed E-state index contributed by atoms with van der Waals surface area (Å²) < 4.78 is 13.5. The van der Waals surface area contributed by atoms with Gasteiger partial charge in [-0.3, -0.25) is 4.79 Å². The summed E-state index contributed by atoms with van der Waals surface area (Å²) in [6, 6.07) is 10.1. The molecule has 1 aromatic carbocycles. The number of carbonyl (C=O) groups is 1. The lowest BCUT2D eigenvalue weighted by Crippen LogP contribution is -2.28. The molecule has 0 unspecified atom stereocenters. The van der Waals surface area contributed by atoms with Crippen LogP contribution >= 0.6 is 0 Å². The Hall–Kier alpha value is -2.50. The molecule has 0 spiro atoms. The van der Waals surface area contributed by atoms with Crippen LogP contribution in [-0.2, 0) is 6.42 Å². The SMILES string of the molecule is O=C(NCCc1ccccc1F)c1ccc(N2CCCCCC2)nn1. The van der Waals surface area contributed by atoms with E-state index in [1.165, 1.54) is 31.7 Å². The molecule has 2 heterocycles. The van der Waals surface area contributed by atoms with E-state index in [2.05, 4.69) is 20.4 Å². The minimum atomic E-state index is -0.286. The Bertz CT molecular complexity index is 697. The zero-order valence-electron chi connectivity index (χ0n) is 14.2. The van der Waals surface area contributed by atoms with Crippen molar-refractivity contribution in [3.05, 3.63) is 53.5 Å². The van der Waals surface area contributed by atoms with Gasteiger partial charge in [-0.2, -0.15) is 0 Å². The third-order valence-corrected chi connectivity index (χ3v) is 4.45. The smallest absolute Gasteiger partial charge is 0.271 e. The summed E-state index contributed by atoms with van der Waals surface area (Å²) in [6.45, 7) is 2.33. The van der Waals surface area contributed by atoms with Crippen molar-refractivity contribution in [2.24, 2.45) is 0 Å². The highest BCUT2D eigenvalue weighted by molar-refractivity contribution is 5.92. The molecular formula is C19H23FN4O. The number of amides is 1. The maximum atomic E-state index is 13.5. The molecule has 1 aliphatic heterocycles. The van der Waals surface area contributed by atoms with E-state index in [4.69, 9.17) is 0 Å². The van der Waals surface area contributed by atoms with Crippen LogP contribution in [-0.4, -0.2) is 35.7 Å². The number of hydrogen-bond acceptors (Lipinski definition) is 4. The minimum Gasteiger partial charge on any atom is -0.355 e. The van der Waals surface area contributed by atoms with Gasteiger partial charge >= 0.3 is 0 Å². The second kappa shape index (κ2) is 8.55. The van der Waals surface area contributed by atoms with Gasteiger partial charge in [-0.05, 0) is 43.0 Å². The van der Waals surface area contributed by atoms with Crippen molar-refractivity contribution in [2.45, 2.75) is 32.1 Å². The molecule has 5 nitrogen and oxygen atoms in total. The third kappa shape index (κ3) is 4.75. The van der Waals surface area contributed by atoms with Crippen LogP contribution in [0.4, 0.5) is 10.2 Å². The number of carbonyl (C=O) groups excluding carboxylic acids is 1. The zero-order chi connectivity index (χ0) is 17.5. The summed E-state index contributed by atoms with van der Waals surface area (Å²) in [5.74, 6) is 0.286. The van der Waals surface area contributed by atoms with Crippen LogP contribution in [0.1, 0.15) is 41.7 Å². The lowest BCUT2D eigenvalue weighted by atomic mass is 10.1. The highest BCUT2D eigenvalue weighted by atomic mass is 19.1. The Balaban J connectivity index is 1.53. The number of nitrogens with zero attached hydrogens (tertiary/aromatic N) is 3. The average molecular weight is 342 g/mol. The summed E-state index contributed by atoms with van der Waals surface area (Å²) in [5, 5.41) is 11.0. The zero-order valence-corrected chi connectivity index (χ0v) is 14.2. The molecule has 1 N–H and O–H groups in total. The molecular weight excluding hydrogens is 319 g/mol. The van der Waals surface area contributed by atoms with Crippen molar-refractivity contribution in [2.75, 3.05) is 24.5 Å². The number of halogens is 1. The first-order valence-electron chi connectivity index (χ1n) is 8.84. The molecule has 2 aromatic rings. The van der Waals surface area contributed by atoms with Gasteiger partial charge in [0.2, 0.25) is 0 Å². The van der Waals surface area contributed by atoms with Gasteiger partial charge in [0.25, 0.3) is 5.91 Å². The molecule has 1 saturated heterocycles.